The van der Waals surface area contributed by atoms with Crippen molar-refractivity contribution in [3.05, 3.63) is 87.1 Å². The number of halogens is 3. The van der Waals surface area contributed by atoms with E-state index in [4.69, 9.17) is 21.1 Å². The molecule has 0 spiro atoms. The minimum Gasteiger partial charge on any atom is -0.493 e. The summed E-state index contributed by atoms with van der Waals surface area (Å²) in [4.78, 5) is 0. The van der Waals surface area contributed by atoms with Crippen LogP contribution in [0.25, 0.3) is 0 Å². The molecule has 0 atom stereocenters. The van der Waals surface area contributed by atoms with E-state index in [-0.39, 0.29) is 12.4 Å². The van der Waals surface area contributed by atoms with E-state index in [0.29, 0.717) is 28.6 Å². The number of methoxy groups -OCH3 is 1. The second-order valence-electron chi connectivity index (χ2n) is 5.87. The molecule has 3 nitrogen and oxygen atoms in total. The van der Waals surface area contributed by atoms with Crippen LogP contribution in [-0.2, 0) is 13.2 Å². The Morgan fingerprint density at radius 2 is 1.78 bits per heavy atom. The van der Waals surface area contributed by atoms with Crippen LogP contribution in [-0.4, -0.2) is 7.11 Å². The van der Waals surface area contributed by atoms with Crippen LogP contribution in [0, 0.1) is 5.82 Å². The Kier molecular flexibility index (Phi) is 6.58. The number of anilines is 1. The molecule has 0 amide bonds. The molecule has 0 saturated heterocycles. The van der Waals surface area contributed by atoms with Gasteiger partial charge in [-0.15, -0.1) is 0 Å². The summed E-state index contributed by atoms with van der Waals surface area (Å²) in [5.41, 5.74) is 2.80. The van der Waals surface area contributed by atoms with Crippen molar-refractivity contribution >= 4 is 33.2 Å². The molecular weight excluding hydrogens is 433 g/mol. The van der Waals surface area contributed by atoms with E-state index in [9.17, 15) is 4.39 Å². The van der Waals surface area contributed by atoms with Gasteiger partial charge in [0.25, 0.3) is 0 Å². The predicted octanol–water partition coefficient (Wildman–Crippen LogP) is 6.44. The third-order valence-electron chi connectivity index (χ3n) is 3.97. The molecule has 0 unspecified atom stereocenters. The summed E-state index contributed by atoms with van der Waals surface area (Å²) in [6, 6.07) is 18.0. The zero-order valence-electron chi connectivity index (χ0n) is 14.6. The van der Waals surface area contributed by atoms with Crippen molar-refractivity contribution < 1.29 is 13.9 Å². The quantitative estimate of drug-likeness (QED) is 0.449. The SMILES string of the molecule is COc1cc(CNc2ccc(Br)cc2)ccc1OCc1ccc(F)cc1Cl. The summed E-state index contributed by atoms with van der Waals surface area (Å²) in [6.07, 6.45) is 0. The van der Waals surface area contributed by atoms with Gasteiger partial charge in [-0.25, -0.2) is 4.39 Å². The number of benzene rings is 3. The molecule has 0 saturated carbocycles. The maximum atomic E-state index is 13.1. The summed E-state index contributed by atoms with van der Waals surface area (Å²) in [6.45, 7) is 0.883. The molecule has 0 radical (unpaired) electrons. The Morgan fingerprint density at radius 1 is 1.00 bits per heavy atom. The van der Waals surface area contributed by atoms with Crippen LogP contribution < -0.4 is 14.8 Å². The molecule has 0 aliphatic heterocycles. The molecule has 0 aliphatic carbocycles. The average Bonchev–Trinajstić information content (AvgIpc) is 2.67. The predicted molar refractivity (Wildman–Crippen MR) is 110 cm³/mol. The molecule has 0 aliphatic rings. The summed E-state index contributed by atoms with van der Waals surface area (Å²) in [5, 5.41) is 3.70. The molecule has 3 rings (SSSR count). The summed E-state index contributed by atoms with van der Waals surface area (Å²) in [5.74, 6) is 0.859. The topological polar surface area (TPSA) is 30.5 Å². The van der Waals surface area contributed by atoms with Crippen molar-refractivity contribution in [3.63, 3.8) is 0 Å². The van der Waals surface area contributed by atoms with Crippen LogP contribution >= 0.6 is 27.5 Å². The second-order valence-corrected chi connectivity index (χ2v) is 7.19. The molecule has 1 N–H and O–H groups in total. The fraction of sp³-hybridized carbons (Fsp3) is 0.143. The minimum atomic E-state index is -0.371. The zero-order valence-corrected chi connectivity index (χ0v) is 17.0. The Balaban J connectivity index is 1.65. The van der Waals surface area contributed by atoms with Gasteiger partial charge in [-0.05, 0) is 54.1 Å². The second kappa shape index (κ2) is 9.11. The first kappa shape index (κ1) is 19.5. The van der Waals surface area contributed by atoms with Crippen LogP contribution in [0.2, 0.25) is 5.02 Å². The largest absolute Gasteiger partial charge is 0.493 e. The maximum absolute atomic E-state index is 13.1. The average molecular weight is 451 g/mol. The van der Waals surface area contributed by atoms with Gasteiger partial charge in [0.15, 0.2) is 11.5 Å². The van der Waals surface area contributed by atoms with Crippen LogP contribution in [0.5, 0.6) is 11.5 Å². The highest BCUT2D eigenvalue weighted by Gasteiger charge is 2.08. The summed E-state index contributed by atoms with van der Waals surface area (Å²) >= 11 is 9.46. The van der Waals surface area contributed by atoms with Crippen LogP contribution in [0.15, 0.2) is 65.1 Å². The van der Waals surface area contributed by atoms with Crippen molar-refractivity contribution in [2.45, 2.75) is 13.2 Å². The highest BCUT2D eigenvalue weighted by Crippen LogP contribution is 2.30. The van der Waals surface area contributed by atoms with Crippen molar-refractivity contribution in [2.24, 2.45) is 0 Å². The van der Waals surface area contributed by atoms with E-state index in [2.05, 4.69) is 21.2 Å². The smallest absolute Gasteiger partial charge is 0.161 e. The molecule has 0 aromatic heterocycles. The van der Waals surface area contributed by atoms with Crippen molar-refractivity contribution in [1.82, 2.24) is 0 Å². The highest BCUT2D eigenvalue weighted by atomic mass is 79.9. The summed E-state index contributed by atoms with van der Waals surface area (Å²) < 4.78 is 25.4. The number of ether oxygens (including phenoxy) is 2. The van der Waals surface area contributed by atoms with E-state index in [1.807, 2.05) is 42.5 Å². The van der Waals surface area contributed by atoms with E-state index in [0.717, 1.165) is 15.7 Å². The molecule has 3 aromatic carbocycles. The highest BCUT2D eigenvalue weighted by molar-refractivity contribution is 9.10. The number of hydrogen-bond acceptors (Lipinski definition) is 3. The van der Waals surface area contributed by atoms with E-state index < -0.39 is 0 Å². The number of rotatable bonds is 7. The Labute approximate surface area is 171 Å². The van der Waals surface area contributed by atoms with E-state index >= 15 is 0 Å². The monoisotopic (exact) mass is 449 g/mol. The van der Waals surface area contributed by atoms with E-state index in [1.165, 1.54) is 12.1 Å². The molecule has 140 valence electrons. The summed E-state index contributed by atoms with van der Waals surface area (Å²) in [7, 11) is 1.60. The lowest BCUT2D eigenvalue weighted by Gasteiger charge is -2.14. The molecular formula is C21H18BrClFNO2. The Bertz CT molecular complexity index is 919. The number of nitrogens with one attached hydrogen (secondary N) is 1. The van der Waals surface area contributed by atoms with Gasteiger partial charge in [0.05, 0.1) is 12.1 Å². The van der Waals surface area contributed by atoms with Gasteiger partial charge in [0, 0.05) is 22.3 Å². The van der Waals surface area contributed by atoms with Crippen molar-refractivity contribution in [2.75, 3.05) is 12.4 Å². The lowest BCUT2D eigenvalue weighted by Crippen LogP contribution is -2.02. The first-order valence-corrected chi connectivity index (χ1v) is 9.45. The van der Waals surface area contributed by atoms with Crippen LogP contribution in [0.3, 0.4) is 0 Å². The van der Waals surface area contributed by atoms with Gasteiger partial charge < -0.3 is 14.8 Å². The maximum Gasteiger partial charge on any atom is 0.161 e. The van der Waals surface area contributed by atoms with Gasteiger partial charge in [-0.2, -0.15) is 0 Å². The van der Waals surface area contributed by atoms with Gasteiger partial charge in [0.1, 0.15) is 12.4 Å². The van der Waals surface area contributed by atoms with Gasteiger partial charge >= 0.3 is 0 Å². The van der Waals surface area contributed by atoms with Crippen LogP contribution in [0.4, 0.5) is 10.1 Å². The first-order valence-electron chi connectivity index (χ1n) is 8.28. The third kappa shape index (κ3) is 5.37. The molecule has 6 heteroatoms. The fourth-order valence-electron chi connectivity index (χ4n) is 2.51. The lowest BCUT2D eigenvalue weighted by atomic mass is 10.2. The Hall–Kier alpha value is -2.24. The van der Waals surface area contributed by atoms with Gasteiger partial charge in [-0.1, -0.05) is 39.7 Å². The third-order valence-corrected chi connectivity index (χ3v) is 4.85. The Morgan fingerprint density at radius 3 is 2.48 bits per heavy atom. The number of hydrogen-bond donors (Lipinski definition) is 1. The lowest BCUT2D eigenvalue weighted by molar-refractivity contribution is 0.284. The minimum absolute atomic E-state index is 0.228. The van der Waals surface area contributed by atoms with Gasteiger partial charge in [0.2, 0.25) is 0 Å². The molecule has 0 fully saturated rings. The standard InChI is InChI=1S/C21H18BrClFNO2/c1-26-21-10-14(12-25-18-7-4-16(22)5-8-18)2-9-20(21)27-13-15-3-6-17(24)11-19(15)23/h2-11,25H,12-13H2,1H3. The molecule has 0 bridgehead atoms. The van der Waals surface area contributed by atoms with Crippen molar-refractivity contribution in [1.29, 1.82) is 0 Å². The normalized spacial score (nSPS) is 10.5. The van der Waals surface area contributed by atoms with Crippen LogP contribution in [0.1, 0.15) is 11.1 Å². The van der Waals surface area contributed by atoms with Crippen molar-refractivity contribution in [3.8, 4) is 11.5 Å². The van der Waals surface area contributed by atoms with Gasteiger partial charge in [-0.3, -0.25) is 0 Å². The molecule has 0 heterocycles. The first-order chi connectivity index (χ1) is 13.0. The molecule has 27 heavy (non-hydrogen) atoms. The molecule has 3 aromatic rings. The fourth-order valence-corrected chi connectivity index (χ4v) is 2.99. The van der Waals surface area contributed by atoms with E-state index in [1.54, 1.807) is 13.2 Å². The zero-order chi connectivity index (χ0) is 19.2.